The molecule has 1 aromatic rings. The highest BCUT2D eigenvalue weighted by Gasteiger charge is 2.40. The van der Waals surface area contributed by atoms with Crippen molar-refractivity contribution in [1.82, 2.24) is 0 Å². The van der Waals surface area contributed by atoms with Crippen molar-refractivity contribution >= 4 is 0 Å². The number of rotatable bonds is 2. The lowest BCUT2D eigenvalue weighted by atomic mass is 9.69. The van der Waals surface area contributed by atoms with Crippen LogP contribution in [-0.2, 0) is 0 Å². The first-order chi connectivity index (χ1) is 8.59. The van der Waals surface area contributed by atoms with Crippen molar-refractivity contribution in [2.75, 3.05) is 0 Å². The van der Waals surface area contributed by atoms with E-state index in [1.54, 1.807) is 13.0 Å². The average molecular weight is 247 g/mol. The Balaban J connectivity index is 2.34. The standard InChI is InChI=1S/C15H18FNO/c1-11-9-12(16)5-6-13(11)14(18)15(10-17)7-3-2-4-8-15/h5-6,9,14,18H,2-4,7-8H2,1H3. The smallest absolute Gasteiger partial charge is 0.123 e. The molecule has 1 atom stereocenters. The Labute approximate surface area is 107 Å². The van der Waals surface area contributed by atoms with E-state index in [1.807, 2.05) is 0 Å². The fourth-order valence-electron chi connectivity index (χ4n) is 2.87. The Kier molecular flexibility index (Phi) is 3.68. The molecule has 0 spiro atoms. The van der Waals surface area contributed by atoms with Crippen LogP contribution in [0.3, 0.4) is 0 Å². The third-order valence-corrected chi connectivity index (χ3v) is 4.02. The van der Waals surface area contributed by atoms with E-state index < -0.39 is 11.5 Å². The number of hydrogen-bond donors (Lipinski definition) is 1. The molecule has 0 radical (unpaired) electrons. The second-order valence-corrected chi connectivity index (χ2v) is 5.23. The molecule has 0 amide bonds. The van der Waals surface area contributed by atoms with Crippen LogP contribution >= 0.6 is 0 Å². The molecule has 0 bridgehead atoms. The lowest BCUT2D eigenvalue weighted by Crippen LogP contribution is -2.30. The van der Waals surface area contributed by atoms with Gasteiger partial charge in [0.2, 0.25) is 0 Å². The molecule has 1 aromatic carbocycles. The quantitative estimate of drug-likeness (QED) is 0.867. The van der Waals surface area contributed by atoms with Crippen molar-refractivity contribution in [2.24, 2.45) is 5.41 Å². The maximum absolute atomic E-state index is 13.1. The van der Waals surface area contributed by atoms with Gasteiger partial charge in [-0.1, -0.05) is 25.3 Å². The number of nitriles is 1. The van der Waals surface area contributed by atoms with Gasteiger partial charge in [-0.3, -0.25) is 0 Å². The largest absolute Gasteiger partial charge is 0.387 e. The summed E-state index contributed by atoms with van der Waals surface area (Å²) in [4.78, 5) is 0. The number of aryl methyl sites for hydroxylation is 1. The summed E-state index contributed by atoms with van der Waals surface area (Å²) in [5.74, 6) is -0.307. The first-order valence-corrected chi connectivity index (χ1v) is 6.44. The summed E-state index contributed by atoms with van der Waals surface area (Å²) in [6.07, 6.45) is 3.71. The summed E-state index contributed by atoms with van der Waals surface area (Å²) in [5.41, 5.74) is 0.698. The van der Waals surface area contributed by atoms with Crippen LogP contribution < -0.4 is 0 Å². The molecule has 1 aliphatic rings. The number of aliphatic hydroxyl groups excluding tert-OH is 1. The van der Waals surface area contributed by atoms with Gasteiger partial charge < -0.3 is 5.11 Å². The number of nitrogens with zero attached hydrogens (tertiary/aromatic N) is 1. The molecule has 1 N–H and O–H groups in total. The molecule has 3 heteroatoms. The van der Waals surface area contributed by atoms with Crippen molar-refractivity contribution in [3.05, 3.63) is 35.1 Å². The topological polar surface area (TPSA) is 44.0 Å². The Hall–Kier alpha value is -1.40. The highest BCUT2D eigenvalue weighted by atomic mass is 19.1. The van der Waals surface area contributed by atoms with E-state index in [1.165, 1.54) is 12.1 Å². The Bertz CT molecular complexity index is 472. The second-order valence-electron chi connectivity index (χ2n) is 5.23. The minimum absolute atomic E-state index is 0.307. The zero-order valence-corrected chi connectivity index (χ0v) is 10.6. The number of hydrogen-bond acceptors (Lipinski definition) is 2. The van der Waals surface area contributed by atoms with Gasteiger partial charge in [0.25, 0.3) is 0 Å². The molecule has 1 saturated carbocycles. The fraction of sp³-hybridized carbons (Fsp3) is 0.533. The predicted molar refractivity (Wildman–Crippen MR) is 67.2 cm³/mol. The molecule has 0 aromatic heterocycles. The van der Waals surface area contributed by atoms with Crippen molar-refractivity contribution in [2.45, 2.75) is 45.1 Å². The predicted octanol–water partition coefficient (Wildman–Crippen LogP) is 3.64. The van der Waals surface area contributed by atoms with E-state index in [2.05, 4.69) is 6.07 Å². The molecule has 0 aliphatic heterocycles. The monoisotopic (exact) mass is 247 g/mol. The molecule has 0 heterocycles. The number of benzene rings is 1. The highest BCUT2D eigenvalue weighted by Crippen LogP contribution is 2.46. The Morgan fingerprint density at radius 3 is 2.56 bits per heavy atom. The molecule has 2 rings (SSSR count). The van der Waals surface area contributed by atoms with Gasteiger partial charge in [-0.25, -0.2) is 4.39 Å². The average Bonchev–Trinajstić information content (AvgIpc) is 2.39. The van der Waals surface area contributed by atoms with Crippen LogP contribution in [0.1, 0.15) is 49.3 Å². The van der Waals surface area contributed by atoms with Gasteiger partial charge in [0.1, 0.15) is 5.82 Å². The molecule has 96 valence electrons. The van der Waals surface area contributed by atoms with Gasteiger partial charge in [-0.15, -0.1) is 0 Å². The van der Waals surface area contributed by atoms with Crippen molar-refractivity contribution < 1.29 is 9.50 Å². The van der Waals surface area contributed by atoms with Crippen molar-refractivity contribution in [3.63, 3.8) is 0 Å². The lowest BCUT2D eigenvalue weighted by Gasteiger charge is -2.35. The van der Waals surface area contributed by atoms with E-state index in [-0.39, 0.29) is 5.82 Å². The van der Waals surface area contributed by atoms with E-state index in [4.69, 9.17) is 0 Å². The van der Waals surface area contributed by atoms with Crippen LogP contribution in [0.5, 0.6) is 0 Å². The molecule has 18 heavy (non-hydrogen) atoms. The Morgan fingerprint density at radius 2 is 2.00 bits per heavy atom. The molecular weight excluding hydrogens is 229 g/mol. The fourth-order valence-corrected chi connectivity index (χ4v) is 2.87. The molecule has 1 unspecified atom stereocenters. The molecule has 0 saturated heterocycles. The van der Waals surface area contributed by atoms with Gasteiger partial charge in [-0.05, 0) is 43.0 Å². The van der Waals surface area contributed by atoms with Gasteiger partial charge >= 0.3 is 0 Å². The molecule has 1 aliphatic carbocycles. The summed E-state index contributed by atoms with van der Waals surface area (Å²) < 4.78 is 13.1. The third kappa shape index (κ3) is 2.26. The summed E-state index contributed by atoms with van der Waals surface area (Å²) in [7, 11) is 0. The normalized spacial score (nSPS) is 20.1. The number of aliphatic hydroxyl groups is 1. The van der Waals surface area contributed by atoms with Crippen LogP contribution in [0.2, 0.25) is 0 Å². The SMILES string of the molecule is Cc1cc(F)ccc1C(O)C1(C#N)CCCCC1. The van der Waals surface area contributed by atoms with Crippen LogP contribution in [0.25, 0.3) is 0 Å². The Morgan fingerprint density at radius 1 is 1.33 bits per heavy atom. The van der Waals surface area contributed by atoms with Crippen LogP contribution in [0.4, 0.5) is 4.39 Å². The van der Waals surface area contributed by atoms with E-state index in [0.29, 0.717) is 11.1 Å². The molecular formula is C15H18FNO. The highest BCUT2D eigenvalue weighted by molar-refractivity contribution is 5.31. The first-order valence-electron chi connectivity index (χ1n) is 6.44. The molecule has 1 fully saturated rings. The summed E-state index contributed by atoms with van der Waals surface area (Å²) in [5, 5.41) is 20.0. The maximum Gasteiger partial charge on any atom is 0.123 e. The second kappa shape index (κ2) is 5.07. The van der Waals surface area contributed by atoms with Crippen molar-refractivity contribution in [1.29, 1.82) is 5.26 Å². The summed E-state index contributed by atoms with van der Waals surface area (Å²) >= 11 is 0. The van der Waals surface area contributed by atoms with Gasteiger partial charge in [-0.2, -0.15) is 5.26 Å². The van der Waals surface area contributed by atoms with E-state index in [9.17, 15) is 14.8 Å². The van der Waals surface area contributed by atoms with E-state index >= 15 is 0 Å². The third-order valence-electron chi connectivity index (χ3n) is 4.02. The minimum atomic E-state index is -0.816. The van der Waals surface area contributed by atoms with Crippen LogP contribution in [0.15, 0.2) is 18.2 Å². The summed E-state index contributed by atoms with van der Waals surface area (Å²) in [6, 6.07) is 6.67. The molecule has 2 nitrogen and oxygen atoms in total. The lowest BCUT2D eigenvalue weighted by molar-refractivity contribution is 0.0355. The van der Waals surface area contributed by atoms with Crippen molar-refractivity contribution in [3.8, 4) is 6.07 Å². The first kappa shape index (κ1) is 13.0. The number of halogens is 1. The minimum Gasteiger partial charge on any atom is -0.387 e. The van der Waals surface area contributed by atoms with Crippen LogP contribution in [0, 0.1) is 29.5 Å². The summed E-state index contributed by atoms with van der Waals surface area (Å²) in [6.45, 7) is 1.77. The maximum atomic E-state index is 13.1. The van der Waals surface area contributed by atoms with Crippen LogP contribution in [-0.4, -0.2) is 5.11 Å². The van der Waals surface area contributed by atoms with Gasteiger partial charge in [0.15, 0.2) is 0 Å². The van der Waals surface area contributed by atoms with Gasteiger partial charge in [0, 0.05) is 0 Å². The zero-order chi connectivity index (χ0) is 13.2. The van der Waals surface area contributed by atoms with E-state index in [0.717, 1.165) is 32.1 Å². The zero-order valence-electron chi connectivity index (χ0n) is 10.6. The van der Waals surface area contributed by atoms with Gasteiger partial charge in [0.05, 0.1) is 17.6 Å².